The first-order chi connectivity index (χ1) is 9.50. The summed E-state index contributed by atoms with van der Waals surface area (Å²) in [6.07, 6.45) is 3.41. The average Bonchev–Trinajstić information content (AvgIpc) is 2.46. The highest BCUT2D eigenvalue weighted by Gasteiger charge is 2.23. The lowest BCUT2D eigenvalue weighted by molar-refractivity contribution is 0.0692. The van der Waals surface area contributed by atoms with E-state index in [2.05, 4.69) is 4.90 Å². The number of likely N-dealkylation sites (tertiary alicyclic amines) is 1. The van der Waals surface area contributed by atoms with Crippen molar-refractivity contribution in [3.63, 3.8) is 0 Å². The van der Waals surface area contributed by atoms with Crippen LogP contribution in [0.4, 0.5) is 0 Å². The van der Waals surface area contributed by atoms with E-state index in [1.54, 1.807) is 6.07 Å². The van der Waals surface area contributed by atoms with Gasteiger partial charge in [0.1, 0.15) is 0 Å². The number of hydrogen-bond donors (Lipinski definition) is 1. The standard InChI is InChI=1S/C14H19NO4S/c16-14(17)12-6-2-3-7-13(12)20(18,19)11-10-15-8-4-1-5-9-15/h2-3,6-7H,1,4-5,8-11H2,(H,16,17). The van der Waals surface area contributed by atoms with Gasteiger partial charge in [0.05, 0.1) is 16.2 Å². The van der Waals surface area contributed by atoms with Crippen LogP contribution in [0.15, 0.2) is 29.2 Å². The Morgan fingerprint density at radius 1 is 1.15 bits per heavy atom. The van der Waals surface area contributed by atoms with E-state index in [4.69, 9.17) is 5.11 Å². The molecule has 0 atom stereocenters. The first-order valence-electron chi connectivity index (χ1n) is 6.78. The molecule has 0 aliphatic carbocycles. The Hall–Kier alpha value is -1.40. The molecule has 1 aliphatic heterocycles. The molecule has 1 aliphatic rings. The van der Waals surface area contributed by atoms with Crippen LogP contribution in [-0.4, -0.2) is 49.8 Å². The van der Waals surface area contributed by atoms with Gasteiger partial charge < -0.3 is 10.0 Å². The van der Waals surface area contributed by atoms with E-state index in [0.29, 0.717) is 6.54 Å². The number of benzene rings is 1. The van der Waals surface area contributed by atoms with Gasteiger partial charge in [-0.3, -0.25) is 0 Å². The maximum Gasteiger partial charge on any atom is 0.337 e. The van der Waals surface area contributed by atoms with Crippen LogP contribution in [0.5, 0.6) is 0 Å². The Kier molecular flexibility index (Phi) is 4.77. The van der Waals surface area contributed by atoms with Crippen molar-refractivity contribution in [2.75, 3.05) is 25.4 Å². The lowest BCUT2D eigenvalue weighted by atomic mass is 10.1. The van der Waals surface area contributed by atoms with Gasteiger partial charge >= 0.3 is 5.97 Å². The van der Waals surface area contributed by atoms with E-state index < -0.39 is 15.8 Å². The molecule has 1 N–H and O–H groups in total. The van der Waals surface area contributed by atoms with Crippen LogP contribution < -0.4 is 0 Å². The molecule has 0 saturated carbocycles. The predicted octanol–water partition coefficient (Wildman–Crippen LogP) is 1.64. The van der Waals surface area contributed by atoms with E-state index >= 15 is 0 Å². The molecule has 0 bridgehead atoms. The summed E-state index contributed by atoms with van der Waals surface area (Å²) in [6, 6.07) is 5.79. The van der Waals surface area contributed by atoms with Crippen LogP contribution in [0.3, 0.4) is 0 Å². The molecule has 0 unspecified atom stereocenters. The fourth-order valence-corrected chi connectivity index (χ4v) is 3.95. The second kappa shape index (κ2) is 6.37. The Bertz CT molecular complexity index is 577. The van der Waals surface area contributed by atoms with Crippen molar-refractivity contribution < 1.29 is 18.3 Å². The van der Waals surface area contributed by atoms with Crippen LogP contribution >= 0.6 is 0 Å². The third-order valence-electron chi connectivity index (χ3n) is 3.58. The molecule has 0 spiro atoms. The van der Waals surface area contributed by atoms with Gasteiger partial charge in [-0.2, -0.15) is 0 Å². The highest BCUT2D eigenvalue weighted by molar-refractivity contribution is 7.91. The second-order valence-electron chi connectivity index (χ2n) is 5.02. The third-order valence-corrected chi connectivity index (χ3v) is 5.32. The summed E-state index contributed by atoms with van der Waals surface area (Å²) in [7, 11) is -3.56. The minimum Gasteiger partial charge on any atom is -0.478 e. The SMILES string of the molecule is O=C(O)c1ccccc1S(=O)(=O)CCN1CCCCC1. The van der Waals surface area contributed by atoms with Gasteiger partial charge in [0.2, 0.25) is 0 Å². The van der Waals surface area contributed by atoms with Crippen molar-refractivity contribution in [1.29, 1.82) is 0 Å². The van der Waals surface area contributed by atoms with Gasteiger partial charge in [-0.15, -0.1) is 0 Å². The number of carbonyl (C=O) groups is 1. The van der Waals surface area contributed by atoms with Crippen molar-refractivity contribution in [3.8, 4) is 0 Å². The Labute approximate surface area is 119 Å². The molecule has 110 valence electrons. The maximum absolute atomic E-state index is 12.3. The van der Waals surface area contributed by atoms with Crippen molar-refractivity contribution in [1.82, 2.24) is 4.90 Å². The van der Waals surface area contributed by atoms with Gasteiger partial charge in [-0.1, -0.05) is 18.6 Å². The third kappa shape index (κ3) is 3.58. The van der Waals surface area contributed by atoms with Crippen LogP contribution in [0.2, 0.25) is 0 Å². The van der Waals surface area contributed by atoms with Crippen LogP contribution in [0, 0.1) is 0 Å². The van der Waals surface area contributed by atoms with E-state index in [1.807, 2.05) is 0 Å². The number of aromatic carboxylic acids is 1. The largest absolute Gasteiger partial charge is 0.478 e. The Morgan fingerprint density at radius 3 is 2.45 bits per heavy atom. The summed E-state index contributed by atoms with van der Waals surface area (Å²) < 4.78 is 24.6. The minimum atomic E-state index is -3.56. The summed E-state index contributed by atoms with van der Waals surface area (Å²) in [5, 5.41) is 9.07. The monoisotopic (exact) mass is 297 g/mol. The number of sulfone groups is 1. The van der Waals surface area contributed by atoms with Crippen molar-refractivity contribution in [2.24, 2.45) is 0 Å². The van der Waals surface area contributed by atoms with Gasteiger partial charge in [-0.25, -0.2) is 13.2 Å². The van der Waals surface area contributed by atoms with Crippen LogP contribution in [-0.2, 0) is 9.84 Å². The molecule has 6 heteroatoms. The molecule has 1 saturated heterocycles. The molecular formula is C14H19NO4S. The molecule has 1 aromatic rings. The molecule has 1 heterocycles. The van der Waals surface area contributed by atoms with E-state index in [1.165, 1.54) is 24.6 Å². The number of piperidine rings is 1. The summed E-state index contributed by atoms with van der Waals surface area (Å²) in [6.45, 7) is 2.32. The molecular weight excluding hydrogens is 278 g/mol. The quantitative estimate of drug-likeness (QED) is 0.894. The molecule has 0 radical (unpaired) electrons. The predicted molar refractivity (Wildman–Crippen MR) is 75.7 cm³/mol. The second-order valence-corrected chi connectivity index (χ2v) is 7.10. The zero-order valence-electron chi connectivity index (χ0n) is 11.3. The molecule has 0 aromatic heterocycles. The number of rotatable bonds is 5. The fourth-order valence-electron chi connectivity index (χ4n) is 2.46. The van der Waals surface area contributed by atoms with Gasteiger partial charge in [0.15, 0.2) is 9.84 Å². The molecule has 1 aromatic carbocycles. The topological polar surface area (TPSA) is 74.7 Å². The molecule has 20 heavy (non-hydrogen) atoms. The van der Waals surface area contributed by atoms with E-state index in [9.17, 15) is 13.2 Å². The van der Waals surface area contributed by atoms with Gasteiger partial charge in [0.25, 0.3) is 0 Å². The normalized spacial score (nSPS) is 17.0. The fraction of sp³-hybridized carbons (Fsp3) is 0.500. The summed E-state index contributed by atoms with van der Waals surface area (Å²) in [5.41, 5.74) is -0.147. The average molecular weight is 297 g/mol. The zero-order chi connectivity index (χ0) is 14.6. The smallest absolute Gasteiger partial charge is 0.337 e. The van der Waals surface area contributed by atoms with Crippen LogP contribution in [0.1, 0.15) is 29.6 Å². The number of carboxylic acids is 1. The number of hydrogen-bond acceptors (Lipinski definition) is 4. The van der Waals surface area contributed by atoms with Crippen molar-refractivity contribution in [3.05, 3.63) is 29.8 Å². The molecule has 1 fully saturated rings. The Balaban J connectivity index is 2.12. The van der Waals surface area contributed by atoms with Crippen molar-refractivity contribution in [2.45, 2.75) is 24.2 Å². The number of nitrogens with zero attached hydrogens (tertiary/aromatic N) is 1. The maximum atomic E-state index is 12.3. The highest BCUT2D eigenvalue weighted by atomic mass is 32.2. The Morgan fingerprint density at radius 2 is 1.80 bits per heavy atom. The summed E-state index contributed by atoms with van der Waals surface area (Å²) in [5.74, 6) is -1.24. The van der Waals surface area contributed by atoms with Crippen LogP contribution in [0.25, 0.3) is 0 Å². The molecule has 2 rings (SSSR count). The van der Waals surface area contributed by atoms with E-state index in [-0.39, 0.29) is 16.2 Å². The lowest BCUT2D eigenvalue weighted by Crippen LogP contribution is -2.34. The number of carboxylic acid groups (broad SMARTS) is 1. The molecule has 0 amide bonds. The zero-order valence-corrected chi connectivity index (χ0v) is 12.1. The molecule has 5 nitrogen and oxygen atoms in total. The first kappa shape index (κ1) is 15.0. The minimum absolute atomic E-state index is 0.0305. The lowest BCUT2D eigenvalue weighted by Gasteiger charge is -2.26. The summed E-state index contributed by atoms with van der Waals surface area (Å²) >= 11 is 0. The van der Waals surface area contributed by atoms with Gasteiger partial charge in [0, 0.05) is 6.54 Å². The first-order valence-corrected chi connectivity index (χ1v) is 8.43. The van der Waals surface area contributed by atoms with E-state index in [0.717, 1.165) is 25.9 Å². The highest BCUT2D eigenvalue weighted by Crippen LogP contribution is 2.18. The summed E-state index contributed by atoms with van der Waals surface area (Å²) in [4.78, 5) is 13.1. The van der Waals surface area contributed by atoms with Crippen molar-refractivity contribution >= 4 is 15.8 Å². The van der Waals surface area contributed by atoms with Gasteiger partial charge in [-0.05, 0) is 38.1 Å².